The highest BCUT2D eigenvalue weighted by Crippen LogP contribution is 2.32. The lowest BCUT2D eigenvalue weighted by molar-refractivity contribution is -0.118. The highest BCUT2D eigenvalue weighted by Gasteiger charge is 2.24. The Morgan fingerprint density at radius 1 is 1.05 bits per heavy atom. The van der Waals surface area contributed by atoms with Crippen LogP contribution in [0.4, 0.5) is 11.4 Å². The first-order valence-corrected chi connectivity index (χ1v) is 7.42. The lowest BCUT2D eigenvalue weighted by Gasteiger charge is -2.35. The number of ether oxygens (including phenoxy) is 1. The van der Waals surface area contributed by atoms with Crippen molar-refractivity contribution in [3.05, 3.63) is 54.1 Å². The number of likely N-dealkylation sites (N-methyl/N-ethyl adjacent to an activating group) is 1. The van der Waals surface area contributed by atoms with Gasteiger partial charge in [0.2, 0.25) is 5.91 Å². The molecule has 1 aliphatic heterocycles. The number of benzene rings is 2. The molecule has 2 aromatic rings. The van der Waals surface area contributed by atoms with Crippen molar-refractivity contribution in [2.24, 2.45) is 0 Å². The Bertz CT molecular complexity index is 667. The molecule has 1 amide bonds. The molecule has 1 heterocycles. The van der Waals surface area contributed by atoms with Crippen molar-refractivity contribution in [3.63, 3.8) is 0 Å². The monoisotopic (exact) mass is 296 g/mol. The van der Waals surface area contributed by atoms with Crippen LogP contribution in [0.5, 0.6) is 5.75 Å². The molecule has 22 heavy (non-hydrogen) atoms. The predicted molar refractivity (Wildman–Crippen MR) is 88.8 cm³/mol. The smallest absolute Gasteiger partial charge is 0.231 e. The normalized spacial score (nSPS) is 13.7. The molecule has 0 radical (unpaired) electrons. The molecule has 1 aliphatic rings. The Kier molecular flexibility index (Phi) is 4.00. The van der Waals surface area contributed by atoms with Gasteiger partial charge < -0.3 is 14.5 Å². The third-order valence-electron chi connectivity index (χ3n) is 4.06. The lowest BCUT2D eigenvalue weighted by Crippen LogP contribution is -2.43. The van der Waals surface area contributed by atoms with Crippen LogP contribution < -0.4 is 14.5 Å². The maximum Gasteiger partial charge on any atom is 0.231 e. The molecule has 0 unspecified atom stereocenters. The molecule has 0 aromatic heterocycles. The molecule has 2 aromatic carbocycles. The lowest BCUT2D eigenvalue weighted by atomic mass is 10.1. The Labute approximate surface area is 130 Å². The summed E-state index contributed by atoms with van der Waals surface area (Å²) in [4.78, 5) is 16.7. The zero-order valence-corrected chi connectivity index (χ0v) is 13.0. The summed E-state index contributed by atoms with van der Waals surface area (Å²) in [5.41, 5.74) is 3.11. The van der Waals surface area contributed by atoms with E-state index in [1.165, 1.54) is 0 Å². The zero-order valence-electron chi connectivity index (χ0n) is 13.0. The van der Waals surface area contributed by atoms with Gasteiger partial charge in [-0.3, -0.25) is 4.79 Å². The molecule has 0 fully saturated rings. The van der Waals surface area contributed by atoms with E-state index < -0.39 is 0 Å². The minimum Gasteiger partial charge on any atom is -0.497 e. The Morgan fingerprint density at radius 3 is 2.41 bits per heavy atom. The highest BCUT2D eigenvalue weighted by molar-refractivity contribution is 5.98. The Hall–Kier alpha value is -2.49. The summed E-state index contributed by atoms with van der Waals surface area (Å²) < 4.78 is 5.15. The summed E-state index contributed by atoms with van der Waals surface area (Å²) in [6.45, 7) is 1.58. The largest absolute Gasteiger partial charge is 0.497 e. The van der Waals surface area contributed by atoms with Crippen molar-refractivity contribution in [1.29, 1.82) is 0 Å². The van der Waals surface area contributed by atoms with Crippen LogP contribution in [0.3, 0.4) is 0 Å². The van der Waals surface area contributed by atoms with E-state index in [1.807, 2.05) is 47.4 Å². The number of fused-ring (bicyclic) bond motifs is 1. The van der Waals surface area contributed by atoms with Crippen molar-refractivity contribution in [2.45, 2.75) is 6.42 Å². The second-order valence-corrected chi connectivity index (χ2v) is 5.48. The first kappa shape index (κ1) is 14.4. The summed E-state index contributed by atoms with van der Waals surface area (Å²) in [5, 5.41) is 0. The molecule has 0 saturated heterocycles. The first-order chi connectivity index (χ1) is 10.7. The van der Waals surface area contributed by atoms with Gasteiger partial charge >= 0.3 is 0 Å². The van der Waals surface area contributed by atoms with Crippen LogP contribution in [0.25, 0.3) is 0 Å². The van der Waals surface area contributed by atoms with E-state index in [9.17, 15) is 4.79 Å². The van der Waals surface area contributed by atoms with E-state index >= 15 is 0 Å². The number of anilines is 2. The Morgan fingerprint density at radius 2 is 1.73 bits per heavy atom. The second-order valence-electron chi connectivity index (χ2n) is 5.48. The van der Waals surface area contributed by atoms with Gasteiger partial charge in [-0.15, -0.1) is 0 Å². The number of carbonyl (C=O) groups is 1. The summed E-state index contributed by atoms with van der Waals surface area (Å²) in [5.74, 6) is 0.937. The van der Waals surface area contributed by atoms with Gasteiger partial charge in [0, 0.05) is 20.1 Å². The molecule has 0 N–H and O–H groups in total. The molecule has 0 saturated carbocycles. The number of rotatable bonds is 3. The fourth-order valence-corrected chi connectivity index (χ4v) is 2.78. The second kappa shape index (κ2) is 6.10. The number of hydrogen-bond donors (Lipinski definition) is 0. The SMILES string of the molecule is COc1ccc(CC(=O)N2CCN(C)c3ccccc32)cc1. The first-order valence-electron chi connectivity index (χ1n) is 7.42. The zero-order chi connectivity index (χ0) is 15.5. The molecule has 0 atom stereocenters. The van der Waals surface area contributed by atoms with Gasteiger partial charge in [0.15, 0.2) is 0 Å². The summed E-state index contributed by atoms with van der Waals surface area (Å²) in [7, 11) is 3.70. The minimum absolute atomic E-state index is 0.130. The van der Waals surface area contributed by atoms with Crippen LogP contribution in [0.15, 0.2) is 48.5 Å². The minimum atomic E-state index is 0.130. The quantitative estimate of drug-likeness (QED) is 0.873. The molecule has 114 valence electrons. The van der Waals surface area contributed by atoms with Crippen LogP contribution in [0.2, 0.25) is 0 Å². The third kappa shape index (κ3) is 2.77. The van der Waals surface area contributed by atoms with Crippen LogP contribution in [-0.4, -0.2) is 33.2 Å². The summed E-state index contributed by atoms with van der Waals surface area (Å²) >= 11 is 0. The molecule has 4 nitrogen and oxygen atoms in total. The number of hydrogen-bond acceptors (Lipinski definition) is 3. The Balaban J connectivity index is 1.79. The number of carbonyl (C=O) groups excluding carboxylic acids is 1. The summed E-state index contributed by atoms with van der Waals surface area (Å²) in [6.07, 6.45) is 0.405. The van der Waals surface area contributed by atoms with Crippen molar-refractivity contribution >= 4 is 17.3 Å². The van der Waals surface area contributed by atoms with E-state index in [4.69, 9.17) is 4.74 Å². The molecule has 0 bridgehead atoms. The molecule has 0 spiro atoms. The van der Waals surface area contributed by atoms with Gasteiger partial charge in [-0.2, -0.15) is 0 Å². The van der Waals surface area contributed by atoms with Gasteiger partial charge in [0.25, 0.3) is 0 Å². The van der Waals surface area contributed by atoms with Crippen LogP contribution >= 0.6 is 0 Å². The topological polar surface area (TPSA) is 32.8 Å². The van der Waals surface area contributed by atoms with Crippen molar-refractivity contribution < 1.29 is 9.53 Å². The van der Waals surface area contributed by atoms with Crippen LogP contribution in [-0.2, 0) is 11.2 Å². The van der Waals surface area contributed by atoms with Crippen molar-refractivity contribution in [2.75, 3.05) is 37.0 Å². The fourth-order valence-electron chi connectivity index (χ4n) is 2.78. The molecular formula is C18H20N2O2. The summed E-state index contributed by atoms with van der Waals surface area (Å²) in [6, 6.07) is 15.7. The average Bonchev–Trinajstić information content (AvgIpc) is 2.56. The third-order valence-corrected chi connectivity index (χ3v) is 4.06. The molecular weight excluding hydrogens is 276 g/mol. The van der Waals surface area contributed by atoms with Crippen molar-refractivity contribution in [3.8, 4) is 5.75 Å². The van der Waals surface area contributed by atoms with E-state index in [1.54, 1.807) is 7.11 Å². The number of methoxy groups -OCH3 is 1. The van der Waals surface area contributed by atoms with Gasteiger partial charge in [0.1, 0.15) is 5.75 Å². The van der Waals surface area contributed by atoms with Crippen molar-refractivity contribution in [1.82, 2.24) is 0 Å². The van der Waals surface area contributed by atoms with E-state index in [-0.39, 0.29) is 5.91 Å². The highest BCUT2D eigenvalue weighted by atomic mass is 16.5. The maximum absolute atomic E-state index is 12.7. The predicted octanol–water partition coefficient (Wildman–Crippen LogP) is 2.72. The van der Waals surface area contributed by atoms with Gasteiger partial charge in [-0.05, 0) is 29.8 Å². The van der Waals surface area contributed by atoms with Gasteiger partial charge in [0.05, 0.1) is 24.9 Å². The fraction of sp³-hybridized carbons (Fsp3) is 0.278. The molecule has 3 rings (SSSR count). The molecule has 0 aliphatic carbocycles. The van der Waals surface area contributed by atoms with E-state index in [0.717, 1.165) is 35.8 Å². The number of nitrogens with zero attached hydrogens (tertiary/aromatic N) is 2. The van der Waals surface area contributed by atoms with Gasteiger partial charge in [-0.1, -0.05) is 24.3 Å². The number of amides is 1. The van der Waals surface area contributed by atoms with Gasteiger partial charge in [-0.25, -0.2) is 0 Å². The van der Waals surface area contributed by atoms with Crippen LogP contribution in [0, 0.1) is 0 Å². The van der Waals surface area contributed by atoms with E-state index in [0.29, 0.717) is 6.42 Å². The standard InChI is InChI=1S/C18H20N2O2/c1-19-11-12-20(17-6-4-3-5-16(17)19)18(21)13-14-7-9-15(22-2)10-8-14/h3-10H,11-13H2,1-2H3. The maximum atomic E-state index is 12.7. The number of para-hydroxylation sites is 2. The van der Waals surface area contributed by atoms with E-state index in [2.05, 4.69) is 18.0 Å². The average molecular weight is 296 g/mol. The molecule has 4 heteroatoms. The van der Waals surface area contributed by atoms with Crippen LogP contribution in [0.1, 0.15) is 5.56 Å².